The molecule has 7 heteroatoms. The standard InChI is InChI=1S/C20H18BrN5S/c21-17-5-1-4-16(12-17)19-14-27-20(24-18-6-2-7-22-13-18)26(19)10-3-9-25-11-8-23-15-25/h1-2,4-8,11-15H,3,9-10H2. The van der Waals surface area contributed by atoms with Crippen LogP contribution >= 0.6 is 27.3 Å². The van der Waals surface area contributed by atoms with Crippen molar-refractivity contribution in [3.05, 3.63) is 82.2 Å². The Morgan fingerprint density at radius 3 is 2.81 bits per heavy atom. The topological polar surface area (TPSA) is 48.0 Å². The van der Waals surface area contributed by atoms with Crippen molar-refractivity contribution >= 4 is 33.0 Å². The Morgan fingerprint density at radius 1 is 1.07 bits per heavy atom. The summed E-state index contributed by atoms with van der Waals surface area (Å²) in [6, 6.07) is 12.3. The zero-order chi connectivity index (χ0) is 18.5. The van der Waals surface area contributed by atoms with Crippen LogP contribution in [0.4, 0.5) is 5.69 Å². The Morgan fingerprint density at radius 2 is 2.04 bits per heavy atom. The molecule has 0 bridgehead atoms. The highest BCUT2D eigenvalue weighted by Gasteiger charge is 2.09. The molecular weight excluding hydrogens is 422 g/mol. The van der Waals surface area contributed by atoms with Crippen molar-refractivity contribution in [2.24, 2.45) is 4.99 Å². The minimum absolute atomic E-state index is 0.864. The van der Waals surface area contributed by atoms with Gasteiger partial charge in [0.15, 0.2) is 4.80 Å². The fraction of sp³-hybridized carbons (Fsp3) is 0.150. The SMILES string of the molecule is Brc1cccc(-c2csc(=Nc3cccnc3)n2CCCn2ccnc2)c1. The average molecular weight is 440 g/mol. The lowest BCUT2D eigenvalue weighted by Crippen LogP contribution is -2.17. The first kappa shape index (κ1) is 17.9. The maximum absolute atomic E-state index is 4.81. The monoisotopic (exact) mass is 439 g/mol. The van der Waals surface area contributed by atoms with Gasteiger partial charge in [0.25, 0.3) is 0 Å². The van der Waals surface area contributed by atoms with Gasteiger partial charge in [-0.3, -0.25) is 4.98 Å². The molecule has 4 aromatic rings. The van der Waals surface area contributed by atoms with E-state index in [0.717, 1.165) is 34.5 Å². The van der Waals surface area contributed by atoms with Crippen molar-refractivity contribution in [1.82, 2.24) is 19.1 Å². The summed E-state index contributed by atoms with van der Waals surface area (Å²) in [4.78, 5) is 14.1. The number of hydrogen-bond acceptors (Lipinski definition) is 4. The second-order valence-electron chi connectivity index (χ2n) is 6.04. The molecule has 0 aliphatic carbocycles. The second-order valence-corrected chi connectivity index (χ2v) is 7.79. The van der Waals surface area contributed by atoms with E-state index in [1.54, 1.807) is 23.7 Å². The van der Waals surface area contributed by atoms with E-state index in [4.69, 9.17) is 4.99 Å². The lowest BCUT2D eigenvalue weighted by atomic mass is 10.2. The van der Waals surface area contributed by atoms with Crippen LogP contribution in [-0.2, 0) is 13.1 Å². The lowest BCUT2D eigenvalue weighted by Gasteiger charge is -2.10. The van der Waals surface area contributed by atoms with Crippen LogP contribution in [0.3, 0.4) is 0 Å². The van der Waals surface area contributed by atoms with Crippen LogP contribution in [0.5, 0.6) is 0 Å². The molecule has 0 amide bonds. The van der Waals surface area contributed by atoms with Crippen molar-refractivity contribution in [3.63, 3.8) is 0 Å². The molecule has 0 spiro atoms. The molecule has 0 saturated heterocycles. The maximum atomic E-state index is 4.81. The number of hydrogen-bond donors (Lipinski definition) is 0. The Labute approximate surface area is 169 Å². The van der Waals surface area contributed by atoms with Gasteiger partial charge >= 0.3 is 0 Å². The highest BCUT2D eigenvalue weighted by Crippen LogP contribution is 2.24. The molecule has 0 N–H and O–H groups in total. The Bertz CT molecular complexity index is 1070. The van der Waals surface area contributed by atoms with E-state index in [2.05, 4.69) is 58.6 Å². The van der Waals surface area contributed by atoms with Crippen LogP contribution in [0.1, 0.15) is 6.42 Å². The predicted molar refractivity (Wildman–Crippen MR) is 112 cm³/mol. The minimum Gasteiger partial charge on any atom is -0.337 e. The van der Waals surface area contributed by atoms with Crippen LogP contribution in [0.25, 0.3) is 11.3 Å². The molecular formula is C20H18BrN5S. The van der Waals surface area contributed by atoms with Crippen molar-refractivity contribution in [1.29, 1.82) is 0 Å². The summed E-state index contributed by atoms with van der Waals surface area (Å²) in [5.41, 5.74) is 3.22. The number of nitrogens with zero attached hydrogens (tertiary/aromatic N) is 5. The van der Waals surface area contributed by atoms with Crippen LogP contribution in [0.15, 0.2) is 82.4 Å². The molecule has 136 valence electrons. The summed E-state index contributed by atoms with van der Waals surface area (Å²) in [6.07, 6.45) is 10.2. The summed E-state index contributed by atoms with van der Waals surface area (Å²) in [6.45, 7) is 1.80. The molecule has 0 fully saturated rings. The van der Waals surface area contributed by atoms with E-state index < -0.39 is 0 Å². The minimum atomic E-state index is 0.864. The number of imidazole rings is 1. The van der Waals surface area contributed by atoms with Gasteiger partial charge < -0.3 is 9.13 Å². The van der Waals surface area contributed by atoms with E-state index in [1.165, 1.54) is 11.3 Å². The summed E-state index contributed by atoms with van der Waals surface area (Å²) < 4.78 is 5.46. The third-order valence-electron chi connectivity index (χ3n) is 4.15. The van der Waals surface area contributed by atoms with Gasteiger partial charge in [0, 0.05) is 47.1 Å². The Kier molecular flexibility index (Phi) is 5.60. The van der Waals surface area contributed by atoms with Crippen LogP contribution < -0.4 is 4.80 Å². The molecule has 1 aromatic carbocycles. The highest BCUT2D eigenvalue weighted by molar-refractivity contribution is 9.10. The van der Waals surface area contributed by atoms with Gasteiger partial charge in [-0.25, -0.2) is 9.98 Å². The summed E-state index contributed by atoms with van der Waals surface area (Å²) in [5, 5.41) is 2.17. The van der Waals surface area contributed by atoms with Crippen LogP contribution in [0, 0.1) is 0 Å². The van der Waals surface area contributed by atoms with Gasteiger partial charge in [-0.05, 0) is 30.7 Å². The van der Waals surface area contributed by atoms with E-state index in [0.29, 0.717) is 0 Å². The first-order valence-corrected chi connectivity index (χ1v) is 10.3. The first-order chi connectivity index (χ1) is 13.3. The number of halogens is 1. The van der Waals surface area contributed by atoms with Crippen molar-refractivity contribution in [2.45, 2.75) is 19.5 Å². The third kappa shape index (κ3) is 4.43. The van der Waals surface area contributed by atoms with E-state index in [9.17, 15) is 0 Å². The average Bonchev–Trinajstić information content (AvgIpc) is 3.33. The quantitative estimate of drug-likeness (QED) is 0.429. The third-order valence-corrected chi connectivity index (χ3v) is 5.50. The first-order valence-electron chi connectivity index (χ1n) is 8.64. The van der Waals surface area contributed by atoms with Gasteiger partial charge in [0.05, 0.1) is 23.9 Å². The smallest absolute Gasteiger partial charge is 0.190 e. The zero-order valence-corrected chi connectivity index (χ0v) is 17.0. The van der Waals surface area contributed by atoms with Crippen molar-refractivity contribution < 1.29 is 0 Å². The number of benzene rings is 1. The van der Waals surface area contributed by atoms with E-state index >= 15 is 0 Å². The molecule has 0 radical (unpaired) electrons. The van der Waals surface area contributed by atoms with Gasteiger partial charge in [0.2, 0.25) is 0 Å². The molecule has 0 aliphatic heterocycles. The summed E-state index contributed by atoms with van der Waals surface area (Å²) in [5.74, 6) is 0. The predicted octanol–water partition coefficient (Wildman–Crippen LogP) is 4.89. The molecule has 4 rings (SSSR count). The Balaban J connectivity index is 1.69. The molecule has 3 aromatic heterocycles. The van der Waals surface area contributed by atoms with Gasteiger partial charge in [-0.2, -0.15) is 0 Å². The van der Waals surface area contributed by atoms with E-state index in [1.807, 2.05) is 36.9 Å². The fourth-order valence-corrected chi connectivity index (χ4v) is 4.23. The normalized spacial score (nSPS) is 11.8. The van der Waals surface area contributed by atoms with Crippen molar-refractivity contribution in [2.75, 3.05) is 0 Å². The molecule has 5 nitrogen and oxygen atoms in total. The highest BCUT2D eigenvalue weighted by atomic mass is 79.9. The second kappa shape index (κ2) is 8.45. The number of rotatable bonds is 6. The van der Waals surface area contributed by atoms with Crippen LogP contribution in [0.2, 0.25) is 0 Å². The molecule has 0 unspecified atom stereocenters. The molecule has 27 heavy (non-hydrogen) atoms. The van der Waals surface area contributed by atoms with Gasteiger partial charge in [0.1, 0.15) is 0 Å². The molecule has 0 aliphatic rings. The number of aryl methyl sites for hydroxylation is 1. The maximum Gasteiger partial charge on any atom is 0.190 e. The van der Waals surface area contributed by atoms with Gasteiger partial charge in [-0.1, -0.05) is 28.1 Å². The van der Waals surface area contributed by atoms with Gasteiger partial charge in [-0.15, -0.1) is 11.3 Å². The zero-order valence-electron chi connectivity index (χ0n) is 14.6. The summed E-state index contributed by atoms with van der Waals surface area (Å²) in [7, 11) is 0. The fourth-order valence-electron chi connectivity index (χ4n) is 2.87. The van der Waals surface area contributed by atoms with E-state index in [-0.39, 0.29) is 0 Å². The number of pyridine rings is 1. The van der Waals surface area contributed by atoms with Crippen LogP contribution in [-0.4, -0.2) is 19.1 Å². The number of thiazole rings is 1. The Hall–Kier alpha value is -2.51. The summed E-state index contributed by atoms with van der Waals surface area (Å²) >= 11 is 5.23. The molecule has 0 saturated carbocycles. The largest absolute Gasteiger partial charge is 0.337 e. The number of aromatic nitrogens is 4. The van der Waals surface area contributed by atoms with Crippen molar-refractivity contribution in [3.8, 4) is 11.3 Å². The molecule has 3 heterocycles. The lowest BCUT2D eigenvalue weighted by molar-refractivity contribution is 0.559. The molecule has 0 atom stereocenters.